The normalized spacial score (nSPS) is 13.3. The largest absolute Gasteiger partial charge is 0.279 e. The lowest BCUT2D eigenvalue weighted by molar-refractivity contribution is 0.498. The Morgan fingerprint density at radius 1 is 0.955 bits per heavy atom. The van der Waals surface area contributed by atoms with Crippen LogP contribution in [0.25, 0.3) is 0 Å². The lowest BCUT2D eigenvalue weighted by atomic mass is 9.99. The first-order valence-corrected chi connectivity index (χ1v) is 8.63. The molecule has 0 fully saturated rings. The van der Waals surface area contributed by atoms with Crippen LogP contribution in [0.2, 0.25) is 5.02 Å². The fraction of sp³-hybridized carbons (Fsp3) is 0.250. The Balaban J connectivity index is 2.45. The van der Waals surface area contributed by atoms with Gasteiger partial charge in [0.05, 0.1) is 6.04 Å². The van der Waals surface area contributed by atoms with E-state index in [1.165, 1.54) is 14.1 Å². The third-order valence-electron chi connectivity index (χ3n) is 3.36. The van der Waals surface area contributed by atoms with Gasteiger partial charge in [-0.3, -0.25) is 0 Å². The number of halogens is 1. The molecule has 0 saturated heterocycles. The summed E-state index contributed by atoms with van der Waals surface area (Å²) in [7, 11) is -0.571. The van der Waals surface area contributed by atoms with E-state index < -0.39 is 16.3 Å². The number of nitrogens with one attached hydrogen (secondary N) is 1. The molecule has 118 valence electrons. The Hall–Kier alpha value is -1.40. The lowest BCUT2D eigenvalue weighted by Gasteiger charge is -2.22. The Labute approximate surface area is 136 Å². The van der Waals surface area contributed by atoms with Crippen molar-refractivity contribution in [3.63, 3.8) is 0 Å². The molecule has 0 heterocycles. The van der Waals surface area contributed by atoms with Gasteiger partial charge in [-0.15, -0.1) is 0 Å². The molecular formula is C16H19ClN2O2S. The average molecular weight is 339 g/mol. The second kappa shape index (κ2) is 6.79. The van der Waals surface area contributed by atoms with Gasteiger partial charge < -0.3 is 0 Å². The van der Waals surface area contributed by atoms with Crippen molar-refractivity contribution in [3.8, 4) is 0 Å². The molecule has 4 nitrogen and oxygen atoms in total. The highest BCUT2D eigenvalue weighted by atomic mass is 35.5. The SMILES string of the molecule is Cc1ccc(C(NS(=O)(=O)N(C)C)c2ccc(Cl)cc2)cc1. The molecule has 0 aliphatic heterocycles. The van der Waals surface area contributed by atoms with E-state index in [0.717, 1.165) is 21.0 Å². The molecule has 0 spiro atoms. The molecule has 2 aromatic carbocycles. The Bertz CT molecular complexity index is 680. The van der Waals surface area contributed by atoms with E-state index in [1.807, 2.05) is 43.3 Å². The fourth-order valence-electron chi connectivity index (χ4n) is 2.00. The number of benzene rings is 2. The van der Waals surface area contributed by atoms with E-state index >= 15 is 0 Å². The average Bonchev–Trinajstić information content (AvgIpc) is 2.47. The molecular weight excluding hydrogens is 320 g/mol. The zero-order valence-corrected chi connectivity index (χ0v) is 14.3. The maximum atomic E-state index is 12.2. The van der Waals surface area contributed by atoms with Crippen LogP contribution in [0.5, 0.6) is 0 Å². The topological polar surface area (TPSA) is 49.4 Å². The lowest BCUT2D eigenvalue weighted by Crippen LogP contribution is -2.38. The molecule has 0 amide bonds. The highest BCUT2D eigenvalue weighted by molar-refractivity contribution is 7.87. The summed E-state index contributed by atoms with van der Waals surface area (Å²) in [6.07, 6.45) is 0. The highest BCUT2D eigenvalue weighted by Gasteiger charge is 2.22. The van der Waals surface area contributed by atoms with Crippen molar-refractivity contribution in [1.82, 2.24) is 9.03 Å². The van der Waals surface area contributed by atoms with Crippen LogP contribution in [0.3, 0.4) is 0 Å². The summed E-state index contributed by atoms with van der Waals surface area (Å²) in [4.78, 5) is 0. The number of hydrogen-bond acceptors (Lipinski definition) is 2. The second-order valence-electron chi connectivity index (χ2n) is 5.30. The van der Waals surface area contributed by atoms with E-state index in [4.69, 9.17) is 11.6 Å². The Kier molecular flexibility index (Phi) is 5.24. The number of rotatable bonds is 5. The van der Waals surface area contributed by atoms with Crippen LogP contribution < -0.4 is 4.72 Å². The molecule has 0 aliphatic carbocycles. The summed E-state index contributed by atoms with van der Waals surface area (Å²) in [6, 6.07) is 14.5. The van der Waals surface area contributed by atoms with Crippen LogP contribution in [0, 0.1) is 6.92 Å². The second-order valence-corrected chi connectivity index (χ2v) is 7.65. The summed E-state index contributed by atoms with van der Waals surface area (Å²) in [5, 5.41) is 0.613. The number of aryl methyl sites for hydroxylation is 1. The maximum absolute atomic E-state index is 12.2. The van der Waals surface area contributed by atoms with Crippen LogP contribution in [0.15, 0.2) is 48.5 Å². The van der Waals surface area contributed by atoms with E-state index in [1.54, 1.807) is 12.1 Å². The van der Waals surface area contributed by atoms with Crippen LogP contribution >= 0.6 is 11.6 Å². The standard InChI is InChI=1S/C16H19ClN2O2S/c1-12-4-6-13(7-5-12)16(18-22(20,21)19(2)3)14-8-10-15(17)11-9-14/h4-11,16,18H,1-3H3. The maximum Gasteiger partial charge on any atom is 0.279 e. The molecule has 6 heteroatoms. The predicted molar refractivity (Wildman–Crippen MR) is 90.2 cm³/mol. The first-order chi connectivity index (χ1) is 10.3. The van der Waals surface area contributed by atoms with Gasteiger partial charge in [0.25, 0.3) is 10.2 Å². The van der Waals surface area contributed by atoms with Crippen LogP contribution in [0.4, 0.5) is 0 Å². The van der Waals surface area contributed by atoms with E-state index in [2.05, 4.69) is 4.72 Å². The highest BCUT2D eigenvalue weighted by Crippen LogP contribution is 2.25. The van der Waals surface area contributed by atoms with E-state index in [0.29, 0.717) is 5.02 Å². The molecule has 0 aliphatic rings. The van der Waals surface area contributed by atoms with Crippen molar-refractivity contribution in [2.24, 2.45) is 0 Å². The summed E-state index contributed by atoms with van der Waals surface area (Å²) in [6.45, 7) is 1.99. The van der Waals surface area contributed by atoms with Crippen molar-refractivity contribution >= 4 is 21.8 Å². The minimum Gasteiger partial charge on any atom is -0.195 e. The number of nitrogens with zero attached hydrogens (tertiary/aromatic N) is 1. The molecule has 0 aromatic heterocycles. The molecule has 1 unspecified atom stereocenters. The molecule has 22 heavy (non-hydrogen) atoms. The quantitative estimate of drug-likeness (QED) is 0.910. The molecule has 2 rings (SSSR count). The fourth-order valence-corrected chi connectivity index (χ4v) is 2.90. The summed E-state index contributed by atoms with van der Waals surface area (Å²) < 4.78 is 28.3. The van der Waals surface area contributed by atoms with E-state index in [-0.39, 0.29) is 0 Å². The van der Waals surface area contributed by atoms with Crippen molar-refractivity contribution in [3.05, 3.63) is 70.2 Å². The van der Waals surface area contributed by atoms with Gasteiger partial charge in [-0.05, 0) is 30.2 Å². The van der Waals surface area contributed by atoms with Gasteiger partial charge in [0.2, 0.25) is 0 Å². The zero-order chi connectivity index (χ0) is 16.3. The van der Waals surface area contributed by atoms with Gasteiger partial charge in [-0.2, -0.15) is 17.4 Å². The third kappa shape index (κ3) is 4.08. The van der Waals surface area contributed by atoms with Crippen molar-refractivity contribution in [2.75, 3.05) is 14.1 Å². The summed E-state index contributed by atoms with van der Waals surface area (Å²) in [5.74, 6) is 0. The van der Waals surface area contributed by atoms with Gasteiger partial charge >= 0.3 is 0 Å². The molecule has 1 atom stereocenters. The third-order valence-corrected chi connectivity index (χ3v) is 5.11. The Morgan fingerprint density at radius 3 is 1.86 bits per heavy atom. The summed E-state index contributed by atoms with van der Waals surface area (Å²) >= 11 is 5.92. The van der Waals surface area contributed by atoms with E-state index in [9.17, 15) is 8.42 Å². The van der Waals surface area contributed by atoms with Gasteiger partial charge in [-0.1, -0.05) is 53.6 Å². The molecule has 0 saturated carbocycles. The van der Waals surface area contributed by atoms with Crippen LogP contribution in [-0.4, -0.2) is 26.8 Å². The molecule has 0 bridgehead atoms. The van der Waals surface area contributed by atoms with Crippen LogP contribution in [-0.2, 0) is 10.2 Å². The molecule has 1 N–H and O–H groups in total. The predicted octanol–water partition coefficient (Wildman–Crippen LogP) is 3.13. The number of hydrogen-bond donors (Lipinski definition) is 1. The zero-order valence-electron chi connectivity index (χ0n) is 12.7. The first-order valence-electron chi connectivity index (χ1n) is 6.81. The van der Waals surface area contributed by atoms with Gasteiger partial charge in [0.1, 0.15) is 0 Å². The monoisotopic (exact) mass is 338 g/mol. The minimum atomic E-state index is -3.56. The van der Waals surface area contributed by atoms with Gasteiger partial charge in [0.15, 0.2) is 0 Å². The van der Waals surface area contributed by atoms with Crippen LogP contribution in [0.1, 0.15) is 22.7 Å². The van der Waals surface area contributed by atoms with Gasteiger partial charge in [0, 0.05) is 19.1 Å². The Morgan fingerprint density at radius 2 is 1.41 bits per heavy atom. The van der Waals surface area contributed by atoms with Gasteiger partial charge in [-0.25, -0.2) is 0 Å². The van der Waals surface area contributed by atoms with Crippen molar-refractivity contribution in [1.29, 1.82) is 0 Å². The van der Waals surface area contributed by atoms with Crippen molar-refractivity contribution < 1.29 is 8.42 Å². The smallest absolute Gasteiger partial charge is 0.195 e. The molecule has 2 aromatic rings. The molecule has 0 radical (unpaired) electrons. The summed E-state index contributed by atoms with van der Waals surface area (Å²) in [5.41, 5.74) is 2.83. The first kappa shape index (κ1) is 17.0. The van der Waals surface area contributed by atoms with Crippen molar-refractivity contribution in [2.45, 2.75) is 13.0 Å². The minimum absolute atomic E-state index is 0.467.